The van der Waals surface area contributed by atoms with E-state index in [-0.39, 0.29) is 4.47 Å². The molecule has 0 aromatic carbocycles. The van der Waals surface area contributed by atoms with Crippen LogP contribution in [0.15, 0.2) is 15.1 Å². The molecule has 0 fully saturated rings. The summed E-state index contributed by atoms with van der Waals surface area (Å²) in [5, 5.41) is 0. The van der Waals surface area contributed by atoms with Gasteiger partial charge in [-0.05, 0) is 15.9 Å². The highest BCUT2D eigenvalue weighted by Crippen LogP contribution is 2.36. The molecular formula is C7H2Br2F5NO. The number of hydrogen-bond acceptors (Lipinski definition) is 2. The molecule has 0 aliphatic carbocycles. The number of alkyl halides is 5. The molecule has 0 saturated carbocycles. The topological polar surface area (TPSA) is 22.1 Å². The van der Waals surface area contributed by atoms with E-state index in [1.807, 2.05) is 0 Å². The summed E-state index contributed by atoms with van der Waals surface area (Å²) in [6, 6.07) is 0.722. The minimum absolute atomic E-state index is 0.219. The number of halogens is 7. The Kier molecular flexibility index (Phi) is 4.11. The summed E-state index contributed by atoms with van der Waals surface area (Å²) in [5.74, 6) is -0.823. The molecule has 2 nitrogen and oxygen atoms in total. The standard InChI is InChI=1S/C7H2Br2F5NO/c8-2-1-3(16-7(12,13)14)15-5(9)4(2)6(10)11/h1,6H. The predicted octanol–water partition coefficient (Wildman–Crippen LogP) is 4.44. The van der Waals surface area contributed by atoms with E-state index in [1.165, 1.54) is 0 Å². The minimum Gasteiger partial charge on any atom is -0.388 e. The van der Waals surface area contributed by atoms with Crippen molar-refractivity contribution in [2.24, 2.45) is 0 Å². The summed E-state index contributed by atoms with van der Waals surface area (Å²) in [6.07, 6.45) is -7.78. The Balaban J connectivity index is 3.10. The van der Waals surface area contributed by atoms with Crippen LogP contribution >= 0.6 is 31.9 Å². The normalized spacial score (nSPS) is 12.0. The van der Waals surface area contributed by atoms with Crippen LogP contribution in [0.25, 0.3) is 0 Å². The molecule has 0 aliphatic heterocycles. The van der Waals surface area contributed by atoms with Crippen molar-refractivity contribution in [3.05, 3.63) is 20.7 Å². The lowest BCUT2D eigenvalue weighted by atomic mass is 10.3. The van der Waals surface area contributed by atoms with Gasteiger partial charge in [-0.3, -0.25) is 0 Å². The first-order valence-electron chi connectivity index (χ1n) is 3.60. The lowest BCUT2D eigenvalue weighted by Crippen LogP contribution is -2.18. The Hall–Kier alpha value is -0.440. The maximum absolute atomic E-state index is 12.4. The van der Waals surface area contributed by atoms with Crippen molar-refractivity contribution in [2.45, 2.75) is 12.8 Å². The summed E-state index contributed by atoms with van der Waals surface area (Å²) >= 11 is 5.35. The van der Waals surface area contributed by atoms with Gasteiger partial charge in [0.05, 0.1) is 5.56 Å². The molecule has 0 N–H and O–H groups in total. The Labute approximate surface area is 103 Å². The van der Waals surface area contributed by atoms with Crippen LogP contribution in [0.5, 0.6) is 5.88 Å². The maximum atomic E-state index is 12.4. The average Bonchev–Trinajstić information content (AvgIpc) is 1.96. The zero-order valence-electron chi connectivity index (χ0n) is 7.16. The van der Waals surface area contributed by atoms with Crippen LogP contribution in [-0.4, -0.2) is 11.3 Å². The zero-order chi connectivity index (χ0) is 12.5. The first kappa shape index (κ1) is 13.6. The van der Waals surface area contributed by atoms with Gasteiger partial charge >= 0.3 is 6.36 Å². The van der Waals surface area contributed by atoms with Crippen molar-refractivity contribution >= 4 is 31.9 Å². The number of rotatable bonds is 2. The van der Waals surface area contributed by atoms with Crippen LogP contribution < -0.4 is 4.74 Å². The predicted molar refractivity (Wildman–Crippen MR) is 51.3 cm³/mol. The Morgan fingerprint density at radius 1 is 1.25 bits per heavy atom. The summed E-state index contributed by atoms with van der Waals surface area (Å²) in [7, 11) is 0. The second kappa shape index (κ2) is 4.82. The van der Waals surface area contributed by atoms with E-state index in [1.54, 1.807) is 0 Å². The van der Waals surface area contributed by atoms with Crippen LogP contribution in [0.4, 0.5) is 22.0 Å². The van der Waals surface area contributed by atoms with E-state index < -0.39 is 28.8 Å². The quantitative estimate of drug-likeness (QED) is 0.567. The summed E-state index contributed by atoms with van der Waals surface area (Å²) in [5.41, 5.74) is -0.533. The zero-order valence-corrected chi connectivity index (χ0v) is 10.3. The van der Waals surface area contributed by atoms with Crippen LogP contribution in [0.2, 0.25) is 0 Å². The van der Waals surface area contributed by atoms with Crippen molar-refractivity contribution in [1.29, 1.82) is 0 Å². The third-order valence-corrected chi connectivity index (χ3v) is 2.64. The lowest BCUT2D eigenvalue weighted by molar-refractivity contribution is -0.276. The average molecular weight is 371 g/mol. The van der Waals surface area contributed by atoms with Gasteiger partial charge in [0.25, 0.3) is 6.43 Å². The van der Waals surface area contributed by atoms with E-state index >= 15 is 0 Å². The van der Waals surface area contributed by atoms with Crippen molar-refractivity contribution in [2.75, 3.05) is 0 Å². The second-order valence-corrected chi connectivity index (χ2v) is 4.10. The summed E-state index contributed by atoms with van der Waals surface area (Å²) in [6.45, 7) is 0. The molecule has 0 amide bonds. The van der Waals surface area contributed by atoms with Crippen molar-refractivity contribution < 1.29 is 26.7 Å². The number of ether oxygens (including phenoxy) is 1. The monoisotopic (exact) mass is 369 g/mol. The first-order valence-corrected chi connectivity index (χ1v) is 5.19. The van der Waals surface area contributed by atoms with E-state index in [0.717, 1.165) is 6.07 Å². The van der Waals surface area contributed by atoms with Crippen molar-refractivity contribution in [1.82, 2.24) is 4.98 Å². The van der Waals surface area contributed by atoms with Crippen LogP contribution in [0.3, 0.4) is 0 Å². The molecule has 0 radical (unpaired) electrons. The lowest BCUT2D eigenvalue weighted by Gasteiger charge is -2.11. The van der Waals surface area contributed by atoms with Crippen molar-refractivity contribution in [3.8, 4) is 5.88 Å². The fraction of sp³-hybridized carbons (Fsp3) is 0.286. The maximum Gasteiger partial charge on any atom is 0.574 e. The van der Waals surface area contributed by atoms with E-state index in [4.69, 9.17) is 0 Å². The Morgan fingerprint density at radius 3 is 2.19 bits per heavy atom. The fourth-order valence-corrected chi connectivity index (χ4v) is 2.22. The highest BCUT2D eigenvalue weighted by molar-refractivity contribution is 9.11. The molecule has 0 saturated heterocycles. The van der Waals surface area contributed by atoms with Gasteiger partial charge in [0.1, 0.15) is 4.60 Å². The molecule has 90 valence electrons. The largest absolute Gasteiger partial charge is 0.574 e. The van der Waals surface area contributed by atoms with Crippen molar-refractivity contribution in [3.63, 3.8) is 0 Å². The third-order valence-electron chi connectivity index (χ3n) is 1.38. The van der Waals surface area contributed by atoms with Gasteiger partial charge in [-0.1, -0.05) is 15.9 Å². The van der Waals surface area contributed by atoms with Gasteiger partial charge in [-0.25, -0.2) is 13.8 Å². The SMILES string of the molecule is FC(F)c1c(Br)cc(OC(F)(F)F)nc1Br. The van der Waals surface area contributed by atoms with Crippen LogP contribution in [-0.2, 0) is 0 Å². The Morgan fingerprint density at radius 2 is 1.81 bits per heavy atom. The van der Waals surface area contributed by atoms with E-state index in [0.29, 0.717) is 0 Å². The fourth-order valence-electron chi connectivity index (χ4n) is 0.839. The summed E-state index contributed by atoms with van der Waals surface area (Å²) < 4.78 is 63.1. The number of hydrogen-bond donors (Lipinski definition) is 0. The van der Waals surface area contributed by atoms with Gasteiger partial charge < -0.3 is 4.74 Å². The number of nitrogens with zero attached hydrogens (tertiary/aromatic N) is 1. The van der Waals surface area contributed by atoms with Gasteiger partial charge in [0, 0.05) is 10.5 Å². The van der Waals surface area contributed by atoms with Crippen LogP contribution in [0, 0.1) is 0 Å². The molecule has 9 heteroatoms. The smallest absolute Gasteiger partial charge is 0.388 e. The third kappa shape index (κ3) is 3.55. The molecule has 1 heterocycles. The Bertz CT molecular complexity index is 372. The highest BCUT2D eigenvalue weighted by Gasteiger charge is 2.32. The summed E-state index contributed by atoms with van der Waals surface area (Å²) in [4.78, 5) is 3.21. The molecular weight excluding hydrogens is 369 g/mol. The van der Waals surface area contributed by atoms with Gasteiger partial charge in [0.2, 0.25) is 5.88 Å². The molecule has 0 bridgehead atoms. The van der Waals surface area contributed by atoms with Gasteiger partial charge in [-0.2, -0.15) is 0 Å². The molecule has 1 aromatic rings. The molecule has 1 aromatic heterocycles. The molecule has 16 heavy (non-hydrogen) atoms. The first-order chi connectivity index (χ1) is 7.20. The van der Waals surface area contributed by atoms with Gasteiger partial charge in [-0.15, -0.1) is 13.2 Å². The van der Waals surface area contributed by atoms with Gasteiger partial charge in [0.15, 0.2) is 0 Å². The number of pyridine rings is 1. The van der Waals surface area contributed by atoms with E-state index in [2.05, 4.69) is 41.6 Å². The second-order valence-electron chi connectivity index (χ2n) is 2.50. The molecule has 0 spiro atoms. The number of aromatic nitrogens is 1. The molecule has 1 rings (SSSR count). The molecule has 0 atom stereocenters. The minimum atomic E-state index is -4.92. The molecule has 0 unspecified atom stereocenters. The highest BCUT2D eigenvalue weighted by atomic mass is 79.9. The molecule has 0 aliphatic rings. The van der Waals surface area contributed by atoms with Crippen LogP contribution in [0.1, 0.15) is 12.0 Å². The van der Waals surface area contributed by atoms with E-state index in [9.17, 15) is 22.0 Å².